The number of imide groups is 1. The molecule has 2 atom stereocenters. The Morgan fingerprint density at radius 3 is 2.77 bits per heavy atom. The van der Waals surface area contributed by atoms with Crippen molar-refractivity contribution < 1.29 is 14.4 Å². The van der Waals surface area contributed by atoms with E-state index in [0.717, 1.165) is 4.90 Å². The second-order valence-electron chi connectivity index (χ2n) is 6.02. The first kappa shape index (κ1) is 17.6. The summed E-state index contributed by atoms with van der Waals surface area (Å²) in [6.45, 7) is 0.384. The number of rotatable bonds is 5. The molecule has 1 N–H and O–H groups in total. The van der Waals surface area contributed by atoms with Gasteiger partial charge in [0.15, 0.2) is 12.2 Å². The highest BCUT2D eigenvalue weighted by Gasteiger charge is 2.48. The van der Waals surface area contributed by atoms with Gasteiger partial charge in [-0.2, -0.15) is 5.10 Å². The highest BCUT2D eigenvalue weighted by Crippen LogP contribution is 2.23. The Bertz CT molecular complexity index is 820. The molecule has 138 valence electrons. The number of carbonyl (C=O) groups excluding carboxylic acids is 3. The first-order valence-corrected chi connectivity index (χ1v) is 8.02. The van der Waals surface area contributed by atoms with Gasteiger partial charge in [-0.3, -0.25) is 19.3 Å². The van der Waals surface area contributed by atoms with Gasteiger partial charge < -0.3 is 15.1 Å². The number of nitrogens with zero attached hydrogens (tertiary/aromatic N) is 6. The monoisotopic (exact) mass is 361 g/mol. The van der Waals surface area contributed by atoms with E-state index in [2.05, 4.69) is 15.4 Å². The zero-order valence-electron chi connectivity index (χ0n) is 14.4. The minimum Gasteiger partial charge on any atom is -0.353 e. The number of hydrogen-bond acceptors (Lipinski definition) is 7. The molecule has 0 saturated carbocycles. The number of likely N-dealkylation sites (N-methyl/N-ethyl adjacent to an activating group) is 2. The minimum atomic E-state index is -0.716. The molecule has 4 amide bonds. The molecule has 2 aliphatic rings. The lowest BCUT2D eigenvalue weighted by Crippen LogP contribution is -2.64. The maximum Gasteiger partial charge on any atom is 0.328 e. The Balaban J connectivity index is 1.56. The number of nitrogens with one attached hydrogen (secondary N) is 1. The Morgan fingerprint density at radius 1 is 1.27 bits per heavy atom. The van der Waals surface area contributed by atoms with Gasteiger partial charge in [0, 0.05) is 32.9 Å². The maximum atomic E-state index is 12.4. The molecule has 0 aromatic carbocycles. The van der Waals surface area contributed by atoms with Gasteiger partial charge in [0.1, 0.15) is 0 Å². The van der Waals surface area contributed by atoms with E-state index < -0.39 is 24.1 Å². The molecule has 0 radical (unpaired) electrons. The smallest absolute Gasteiger partial charge is 0.328 e. The summed E-state index contributed by atoms with van der Waals surface area (Å²) in [5.41, 5.74) is -0.250. The molecule has 2 unspecified atom stereocenters. The molecule has 3 rings (SSSR count). The number of aliphatic imine (C=N–C) groups is 1. The number of urea groups is 1. The van der Waals surface area contributed by atoms with Crippen LogP contribution in [0.25, 0.3) is 0 Å². The van der Waals surface area contributed by atoms with Crippen molar-refractivity contribution in [3.8, 4) is 0 Å². The molecular weight excluding hydrogens is 342 g/mol. The molecule has 1 aromatic heterocycles. The first-order valence-electron chi connectivity index (χ1n) is 8.02. The van der Waals surface area contributed by atoms with Crippen molar-refractivity contribution in [1.82, 2.24) is 29.8 Å². The van der Waals surface area contributed by atoms with Crippen LogP contribution in [0.4, 0.5) is 4.79 Å². The van der Waals surface area contributed by atoms with Crippen LogP contribution in [-0.4, -0.2) is 88.1 Å². The fourth-order valence-electron chi connectivity index (χ4n) is 2.92. The summed E-state index contributed by atoms with van der Waals surface area (Å²) < 4.78 is 1.24. The Morgan fingerprint density at radius 2 is 2.04 bits per heavy atom. The van der Waals surface area contributed by atoms with Crippen LogP contribution in [0.2, 0.25) is 0 Å². The van der Waals surface area contributed by atoms with Crippen molar-refractivity contribution >= 4 is 24.2 Å². The van der Waals surface area contributed by atoms with Crippen LogP contribution in [0.3, 0.4) is 0 Å². The summed E-state index contributed by atoms with van der Waals surface area (Å²) in [4.78, 5) is 56.1. The lowest BCUT2D eigenvalue weighted by atomic mass is 10.1. The van der Waals surface area contributed by atoms with Crippen molar-refractivity contribution in [3.05, 3.63) is 28.7 Å². The molecule has 2 aliphatic heterocycles. The average Bonchev–Trinajstić information content (AvgIpc) is 3.03. The third-order valence-corrected chi connectivity index (χ3v) is 4.33. The number of carbonyl (C=O) groups is 3. The Labute approximate surface area is 148 Å². The van der Waals surface area contributed by atoms with Gasteiger partial charge >= 0.3 is 6.03 Å². The van der Waals surface area contributed by atoms with Gasteiger partial charge in [0.05, 0.1) is 19.4 Å². The highest BCUT2D eigenvalue weighted by atomic mass is 16.2. The summed E-state index contributed by atoms with van der Waals surface area (Å²) in [6.07, 6.45) is 2.28. The van der Waals surface area contributed by atoms with Crippen molar-refractivity contribution in [2.45, 2.75) is 18.8 Å². The van der Waals surface area contributed by atoms with Gasteiger partial charge in [-0.25, -0.2) is 14.5 Å². The molecule has 11 nitrogen and oxygen atoms in total. The second-order valence-corrected chi connectivity index (χ2v) is 6.02. The van der Waals surface area contributed by atoms with Crippen LogP contribution >= 0.6 is 0 Å². The third kappa shape index (κ3) is 3.15. The van der Waals surface area contributed by atoms with E-state index in [1.807, 2.05) is 0 Å². The molecule has 0 spiro atoms. The van der Waals surface area contributed by atoms with Gasteiger partial charge in [0.25, 0.3) is 11.5 Å². The summed E-state index contributed by atoms with van der Waals surface area (Å²) in [7, 11) is 2.97. The van der Waals surface area contributed by atoms with Crippen LogP contribution < -0.4 is 10.9 Å². The van der Waals surface area contributed by atoms with Crippen LogP contribution in [0.1, 0.15) is 0 Å². The van der Waals surface area contributed by atoms with Crippen LogP contribution in [0, 0.1) is 0 Å². The number of aromatic nitrogens is 2. The third-order valence-electron chi connectivity index (χ3n) is 4.33. The van der Waals surface area contributed by atoms with Crippen LogP contribution in [0.5, 0.6) is 0 Å². The topological polar surface area (TPSA) is 120 Å². The van der Waals surface area contributed by atoms with Gasteiger partial charge in [-0.1, -0.05) is 0 Å². The van der Waals surface area contributed by atoms with Crippen molar-refractivity contribution in [2.24, 2.45) is 4.99 Å². The van der Waals surface area contributed by atoms with E-state index in [9.17, 15) is 19.2 Å². The van der Waals surface area contributed by atoms with Crippen LogP contribution in [0.15, 0.2) is 28.1 Å². The normalized spacial score (nSPS) is 22.0. The van der Waals surface area contributed by atoms with E-state index in [-0.39, 0.29) is 31.1 Å². The molecule has 3 heterocycles. The van der Waals surface area contributed by atoms with Crippen molar-refractivity contribution in [2.75, 3.05) is 27.2 Å². The highest BCUT2D eigenvalue weighted by molar-refractivity contribution is 6.02. The lowest BCUT2D eigenvalue weighted by Gasteiger charge is -2.39. The largest absolute Gasteiger partial charge is 0.353 e. The molecule has 1 saturated heterocycles. The number of amides is 4. The molecule has 0 aliphatic carbocycles. The quantitative estimate of drug-likeness (QED) is 0.643. The Hall–Kier alpha value is -3.24. The van der Waals surface area contributed by atoms with Gasteiger partial charge in [0.2, 0.25) is 5.91 Å². The van der Waals surface area contributed by atoms with Gasteiger partial charge in [-0.05, 0) is 6.07 Å². The standard InChI is InChI=1S/C15H19N7O4/c1-19-13-12(14(25)20(2)15(19)26)21(9-17-13)8-10(23)16-6-7-22-11(24)4-3-5-18-22/h3-5,9,12-13H,6-8H2,1-2H3,(H,16,23). The fraction of sp³-hybridized carbons (Fsp3) is 0.467. The van der Waals surface area contributed by atoms with E-state index >= 15 is 0 Å². The van der Waals surface area contributed by atoms with E-state index in [4.69, 9.17) is 0 Å². The van der Waals surface area contributed by atoms with E-state index in [0.29, 0.717) is 0 Å². The fourth-order valence-corrected chi connectivity index (χ4v) is 2.92. The molecule has 11 heteroatoms. The first-order chi connectivity index (χ1) is 12.4. The lowest BCUT2D eigenvalue weighted by molar-refractivity contribution is -0.136. The van der Waals surface area contributed by atoms with Crippen LogP contribution in [-0.2, 0) is 16.1 Å². The molecule has 26 heavy (non-hydrogen) atoms. The average molecular weight is 361 g/mol. The minimum absolute atomic E-state index is 0.0800. The maximum absolute atomic E-state index is 12.4. The predicted octanol–water partition coefficient (Wildman–Crippen LogP) is -2.08. The summed E-state index contributed by atoms with van der Waals surface area (Å²) in [6, 6.07) is 1.78. The van der Waals surface area contributed by atoms with Gasteiger partial charge in [-0.15, -0.1) is 0 Å². The zero-order chi connectivity index (χ0) is 18.8. The molecule has 1 fully saturated rings. The summed E-state index contributed by atoms with van der Waals surface area (Å²) in [5, 5.41) is 6.58. The predicted molar refractivity (Wildman–Crippen MR) is 90.2 cm³/mol. The summed E-state index contributed by atoms with van der Waals surface area (Å²) >= 11 is 0. The van der Waals surface area contributed by atoms with E-state index in [1.54, 1.807) is 13.1 Å². The Kier molecular flexibility index (Phi) is 4.69. The molecule has 1 aromatic rings. The van der Waals surface area contributed by atoms with E-state index in [1.165, 1.54) is 40.1 Å². The SMILES string of the molecule is CN1C(=O)C2C(N=CN2CC(=O)NCCn2ncccc2=O)N(C)C1=O. The van der Waals surface area contributed by atoms with Crippen molar-refractivity contribution in [3.63, 3.8) is 0 Å². The number of hydrogen-bond donors (Lipinski definition) is 1. The number of fused-ring (bicyclic) bond motifs is 1. The molecular formula is C15H19N7O4. The zero-order valence-corrected chi connectivity index (χ0v) is 14.4. The molecule has 0 bridgehead atoms. The van der Waals surface area contributed by atoms with Crippen molar-refractivity contribution in [1.29, 1.82) is 0 Å². The summed E-state index contributed by atoms with van der Waals surface area (Å²) in [5.74, 6) is -0.723. The second kappa shape index (κ2) is 6.94.